The molecule has 1 aliphatic heterocycles. The molecule has 104 valence electrons. The van der Waals surface area contributed by atoms with E-state index in [0.717, 1.165) is 18.7 Å². The highest BCUT2D eigenvalue weighted by Crippen LogP contribution is 2.13. The lowest BCUT2D eigenvalue weighted by atomic mass is 10.1. The van der Waals surface area contributed by atoms with Gasteiger partial charge in [-0.15, -0.1) is 0 Å². The Kier molecular flexibility index (Phi) is 4.43. The van der Waals surface area contributed by atoms with Gasteiger partial charge in [0.1, 0.15) is 0 Å². The zero-order valence-electron chi connectivity index (χ0n) is 11.9. The number of benzene rings is 1. The minimum absolute atomic E-state index is 0.0506. The molecule has 2 rings (SSSR count). The van der Waals surface area contributed by atoms with Gasteiger partial charge in [0.15, 0.2) is 0 Å². The molecule has 1 aromatic rings. The van der Waals surface area contributed by atoms with Crippen molar-refractivity contribution in [1.29, 1.82) is 0 Å². The van der Waals surface area contributed by atoms with Crippen molar-refractivity contribution in [2.45, 2.75) is 19.8 Å². The van der Waals surface area contributed by atoms with Gasteiger partial charge < -0.3 is 15.5 Å². The number of carbonyl (C=O) groups excluding carboxylic acids is 1. The topological polar surface area (TPSA) is 49.6 Å². The second-order valence-corrected chi connectivity index (χ2v) is 5.41. The number of aryl methyl sites for hydroxylation is 1. The molecule has 4 nitrogen and oxygen atoms in total. The van der Waals surface area contributed by atoms with Crippen LogP contribution in [0.3, 0.4) is 0 Å². The normalized spacial score (nSPS) is 15.7. The van der Waals surface area contributed by atoms with Gasteiger partial charge in [-0.2, -0.15) is 0 Å². The third kappa shape index (κ3) is 3.70. The standard InChI is InChI=1S/C15H23N3O/c1-12-9-13(11-14(16)10-12)15(19)17(2)7-8-18-5-3-4-6-18/h9-11H,3-8,16H2,1-2H3. The van der Waals surface area contributed by atoms with Crippen LogP contribution in [0.15, 0.2) is 18.2 Å². The van der Waals surface area contributed by atoms with E-state index >= 15 is 0 Å². The summed E-state index contributed by atoms with van der Waals surface area (Å²) in [7, 11) is 1.86. The van der Waals surface area contributed by atoms with Crippen molar-refractivity contribution < 1.29 is 4.79 Å². The van der Waals surface area contributed by atoms with Crippen LogP contribution in [0.2, 0.25) is 0 Å². The SMILES string of the molecule is Cc1cc(N)cc(C(=O)N(C)CCN2CCCC2)c1. The number of anilines is 1. The molecule has 0 unspecified atom stereocenters. The molecule has 1 fully saturated rings. The highest BCUT2D eigenvalue weighted by molar-refractivity contribution is 5.95. The van der Waals surface area contributed by atoms with E-state index < -0.39 is 0 Å². The van der Waals surface area contributed by atoms with Crippen molar-refractivity contribution in [3.05, 3.63) is 29.3 Å². The Bertz CT molecular complexity index is 432. The predicted molar refractivity (Wildman–Crippen MR) is 78.2 cm³/mol. The van der Waals surface area contributed by atoms with E-state index in [4.69, 9.17) is 5.73 Å². The van der Waals surface area contributed by atoms with Crippen molar-refractivity contribution in [3.8, 4) is 0 Å². The van der Waals surface area contributed by atoms with E-state index in [2.05, 4.69) is 4.90 Å². The average molecular weight is 261 g/mol. The number of hydrogen-bond acceptors (Lipinski definition) is 3. The number of likely N-dealkylation sites (N-methyl/N-ethyl adjacent to an activating group) is 1. The average Bonchev–Trinajstić information content (AvgIpc) is 2.87. The smallest absolute Gasteiger partial charge is 0.253 e. The van der Waals surface area contributed by atoms with Gasteiger partial charge in [0.2, 0.25) is 0 Å². The lowest BCUT2D eigenvalue weighted by Crippen LogP contribution is -2.35. The molecule has 0 saturated carbocycles. The molecule has 0 bridgehead atoms. The summed E-state index contributed by atoms with van der Waals surface area (Å²) < 4.78 is 0. The Morgan fingerprint density at radius 3 is 2.63 bits per heavy atom. The molecule has 0 atom stereocenters. The Morgan fingerprint density at radius 1 is 1.32 bits per heavy atom. The number of nitrogen functional groups attached to an aromatic ring is 1. The first kappa shape index (κ1) is 13.9. The molecule has 0 radical (unpaired) electrons. The van der Waals surface area contributed by atoms with Gasteiger partial charge in [-0.25, -0.2) is 0 Å². The van der Waals surface area contributed by atoms with Crippen molar-refractivity contribution >= 4 is 11.6 Å². The molecule has 0 aromatic heterocycles. The van der Waals surface area contributed by atoms with Crippen molar-refractivity contribution in [1.82, 2.24) is 9.80 Å². The summed E-state index contributed by atoms with van der Waals surface area (Å²) in [6, 6.07) is 5.52. The fourth-order valence-corrected chi connectivity index (χ4v) is 2.56. The minimum atomic E-state index is 0.0506. The number of hydrogen-bond donors (Lipinski definition) is 1. The van der Waals surface area contributed by atoms with Gasteiger partial charge in [-0.3, -0.25) is 4.79 Å². The van der Waals surface area contributed by atoms with Gasteiger partial charge in [0.25, 0.3) is 5.91 Å². The highest BCUT2D eigenvalue weighted by atomic mass is 16.2. The number of carbonyl (C=O) groups is 1. The minimum Gasteiger partial charge on any atom is -0.399 e. The van der Waals surface area contributed by atoms with Crippen LogP contribution in [-0.2, 0) is 0 Å². The molecule has 4 heteroatoms. The van der Waals surface area contributed by atoms with E-state index in [0.29, 0.717) is 11.3 Å². The maximum Gasteiger partial charge on any atom is 0.253 e. The fourth-order valence-electron chi connectivity index (χ4n) is 2.56. The monoisotopic (exact) mass is 261 g/mol. The van der Waals surface area contributed by atoms with Crippen LogP contribution in [0.5, 0.6) is 0 Å². The van der Waals surface area contributed by atoms with E-state index in [1.807, 2.05) is 26.1 Å². The Morgan fingerprint density at radius 2 is 2.00 bits per heavy atom. The maximum atomic E-state index is 12.3. The van der Waals surface area contributed by atoms with Crippen LogP contribution in [0.4, 0.5) is 5.69 Å². The second kappa shape index (κ2) is 6.06. The van der Waals surface area contributed by atoms with Crippen LogP contribution in [-0.4, -0.2) is 48.9 Å². The van der Waals surface area contributed by atoms with Crippen LogP contribution in [0.1, 0.15) is 28.8 Å². The van der Waals surface area contributed by atoms with Gasteiger partial charge >= 0.3 is 0 Å². The second-order valence-electron chi connectivity index (χ2n) is 5.41. The summed E-state index contributed by atoms with van der Waals surface area (Å²) in [6.45, 7) is 6.02. The maximum absolute atomic E-state index is 12.3. The summed E-state index contributed by atoms with van der Waals surface area (Å²) in [5.41, 5.74) is 8.15. The first-order valence-corrected chi connectivity index (χ1v) is 6.91. The summed E-state index contributed by atoms with van der Waals surface area (Å²) in [5, 5.41) is 0. The van der Waals surface area contributed by atoms with Crippen molar-refractivity contribution in [2.24, 2.45) is 0 Å². The van der Waals surface area contributed by atoms with Crippen LogP contribution < -0.4 is 5.73 Å². The molecular formula is C15H23N3O. The number of likely N-dealkylation sites (tertiary alicyclic amines) is 1. The molecule has 0 spiro atoms. The molecule has 1 saturated heterocycles. The lowest BCUT2D eigenvalue weighted by molar-refractivity contribution is 0.0782. The lowest BCUT2D eigenvalue weighted by Gasteiger charge is -2.21. The number of rotatable bonds is 4. The first-order chi connectivity index (χ1) is 9.06. The number of nitrogens with two attached hydrogens (primary N) is 1. The Labute approximate surface area is 115 Å². The van der Waals surface area contributed by atoms with E-state index in [-0.39, 0.29) is 5.91 Å². The molecule has 2 N–H and O–H groups in total. The molecule has 1 amide bonds. The summed E-state index contributed by atoms with van der Waals surface area (Å²) >= 11 is 0. The highest BCUT2D eigenvalue weighted by Gasteiger charge is 2.15. The van der Waals surface area contributed by atoms with Gasteiger partial charge in [-0.05, 0) is 56.6 Å². The van der Waals surface area contributed by atoms with Crippen molar-refractivity contribution in [3.63, 3.8) is 0 Å². The van der Waals surface area contributed by atoms with Crippen molar-refractivity contribution in [2.75, 3.05) is 39.0 Å². The zero-order chi connectivity index (χ0) is 13.8. The number of nitrogens with zero attached hydrogens (tertiary/aromatic N) is 2. The van der Waals surface area contributed by atoms with Gasteiger partial charge in [-0.1, -0.05) is 0 Å². The molecule has 0 aliphatic carbocycles. The van der Waals surface area contributed by atoms with Crippen LogP contribution in [0, 0.1) is 6.92 Å². The fraction of sp³-hybridized carbons (Fsp3) is 0.533. The van der Waals surface area contributed by atoms with Crippen LogP contribution >= 0.6 is 0 Å². The molecule has 1 aliphatic rings. The summed E-state index contributed by atoms with van der Waals surface area (Å²) in [5.74, 6) is 0.0506. The third-order valence-electron chi connectivity index (χ3n) is 3.64. The quantitative estimate of drug-likeness (QED) is 0.840. The summed E-state index contributed by atoms with van der Waals surface area (Å²) in [4.78, 5) is 16.5. The Hall–Kier alpha value is -1.55. The zero-order valence-corrected chi connectivity index (χ0v) is 11.9. The number of amides is 1. The van der Waals surface area contributed by atoms with E-state index in [9.17, 15) is 4.79 Å². The molecular weight excluding hydrogens is 238 g/mol. The molecule has 1 aromatic carbocycles. The van der Waals surface area contributed by atoms with Gasteiger partial charge in [0.05, 0.1) is 0 Å². The van der Waals surface area contributed by atoms with E-state index in [1.54, 1.807) is 11.0 Å². The third-order valence-corrected chi connectivity index (χ3v) is 3.64. The largest absolute Gasteiger partial charge is 0.399 e. The van der Waals surface area contributed by atoms with Crippen LogP contribution in [0.25, 0.3) is 0 Å². The predicted octanol–water partition coefficient (Wildman–Crippen LogP) is 1.75. The Balaban J connectivity index is 1.93. The first-order valence-electron chi connectivity index (χ1n) is 6.91. The molecule has 19 heavy (non-hydrogen) atoms. The molecule has 1 heterocycles. The summed E-state index contributed by atoms with van der Waals surface area (Å²) in [6.07, 6.45) is 2.57. The van der Waals surface area contributed by atoms with E-state index in [1.165, 1.54) is 25.9 Å². The van der Waals surface area contributed by atoms with Gasteiger partial charge in [0, 0.05) is 31.4 Å².